The maximum atomic E-state index is 13.7. The predicted octanol–water partition coefficient (Wildman–Crippen LogP) is 4.24. The minimum Gasteiger partial charge on any atom is -0.314 e. The molecule has 106 valence electrons. The average molecular weight is 292 g/mol. The van der Waals surface area contributed by atoms with Crippen LogP contribution in [0.5, 0.6) is 0 Å². The highest BCUT2D eigenvalue weighted by Gasteiger charge is 2.12. The fraction of sp³-hybridized carbons (Fsp3) is 0.294. The highest BCUT2D eigenvalue weighted by atomic mass is 35.5. The normalized spacial score (nSPS) is 12.3. The third kappa shape index (κ3) is 4.32. The summed E-state index contributed by atoms with van der Waals surface area (Å²) in [6, 6.07) is 15.0. The maximum Gasteiger partial charge on any atom is 0.126 e. The van der Waals surface area contributed by atoms with Crippen LogP contribution in [0, 0.1) is 5.82 Å². The van der Waals surface area contributed by atoms with Crippen molar-refractivity contribution < 1.29 is 4.39 Å². The van der Waals surface area contributed by atoms with E-state index in [2.05, 4.69) is 18.3 Å². The lowest BCUT2D eigenvalue weighted by atomic mass is 9.98. The number of benzene rings is 2. The first-order chi connectivity index (χ1) is 9.69. The molecule has 0 spiro atoms. The molecule has 20 heavy (non-hydrogen) atoms. The van der Waals surface area contributed by atoms with Crippen LogP contribution >= 0.6 is 11.6 Å². The van der Waals surface area contributed by atoms with E-state index in [0.717, 1.165) is 23.6 Å². The molecule has 0 aliphatic heterocycles. The number of hydrogen-bond acceptors (Lipinski definition) is 1. The molecule has 0 amide bonds. The van der Waals surface area contributed by atoms with Crippen molar-refractivity contribution in [1.82, 2.24) is 5.32 Å². The molecule has 0 radical (unpaired) electrons. The fourth-order valence-corrected chi connectivity index (χ4v) is 2.60. The van der Waals surface area contributed by atoms with E-state index in [0.29, 0.717) is 6.42 Å². The zero-order valence-corrected chi connectivity index (χ0v) is 12.3. The van der Waals surface area contributed by atoms with E-state index < -0.39 is 0 Å². The van der Waals surface area contributed by atoms with Crippen molar-refractivity contribution in [3.05, 3.63) is 70.5 Å². The SMILES string of the molecule is CCNC(Cc1cccc(Cl)c1)Cc1ccccc1F. The van der Waals surface area contributed by atoms with E-state index >= 15 is 0 Å². The Balaban J connectivity index is 2.09. The highest BCUT2D eigenvalue weighted by Crippen LogP contribution is 2.15. The zero-order valence-electron chi connectivity index (χ0n) is 11.6. The van der Waals surface area contributed by atoms with Gasteiger partial charge >= 0.3 is 0 Å². The van der Waals surface area contributed by atoms with Crippen LogP contribution in [0.3, 0.4) is 0 Å². The molecular weight excluding hydrogens is 273 g/mol. The Morgan fingerprint density at radius 2 is 1.90 bits per heavy atom. The van der Waals surface area contributed by atoms with Crippen molar-refractivity contribution in [1.29, 1.82) is 0 Å². The predicted molar refractivity (Wildman–Crippen MR) is 82.7 cm³/mol. The van der Waals surface area contributed by atoms with Gasteiger partial charge in [0.05, 0.1) is 0 Å². The summed E-state index contributed by atoms with van der Waals surface area (Å²) in [5.74, 6) is -0.138. The molecule has 0 saturated heterocycles. The summed E-state index contributed by atoms with van der Waals surface area (Å²) in [7, 11) is 0. The number of halogens is 2. The lowest BCUT2D eigenvalue weighted by molar-refractivity contribution is 0.506. The van der Waals surface area contributed by atoms with E-state index in [-0.39, 0.29) is 11.9 Å². The van der Waals surface area contributed by atoms with Crippen molar-refractivity contribution in [2.75, 3.05) is 6.54 Å². The third-order valence-electron chi connectivity index (χ3n) is 3.29. The van der Waals surface area contributed by atoms with Gasteiger partial charge in [0.25, 0.3) is 0 Å². The van der Waals surface area contributed by atoms with Gasteiger partial charge in [0.1, 0.15) is 5.82 Å². The molecule has 0 fully saturated rings. The largest absolute Gasteiger partial charge is 0.314 e. The minimum atomic E-state index is -0.138. The Bertz CT molecular complexity index is 556. The first-order valence-corrected chi connectivity index (χ1v) is 7.28. The Morgan fingerprint density at radius 3 is 2.60 bits per heavy atom. The summed E-state index contributed by atoms with van der Waals surface area (Å²) in [4.78, 5) is 0. The van der Waals surface area contributed by atoms with Gasteiger partial charge in [-0.05, 0) is 48.7 Å². The van der Waals surface area contributed by atoms with E-state index in [4.69, 9.17) is 11.6 Å². The summed E-state index contributed by atoms with van der Waals surface area (Å²) in [6.45, 7) is 2.92. The molecule has 3 heteroatoms. The maximum absolute atomic E-state index is 13.7. The smallest absolute Gasteiger partial charge is 0.126 e. The second-order valence-corrected chi connectivity index (χ2v) is 5.32. The van der Waals surface area contributed by atoms with E-state index in [9.17, 15) is 4.39 Å². The van der Waals surface area contributed by atoms with Crippen LogP contribution < -0.4 is 5.32 Å². The molecule has 1 nitrogen and oxygen atoms in total. The zero-order chi connectivity index (χ0) is 14.4. The van der Waals surface area contributed by atoms with E-state index in [1.54, 1.807) is 6.07 Å². The molecule has 1 N–H and O–H groups in total. The summed E-state index contributed by atoms with van der Waals surface area (Å²) in [6.07, 6.45) is 1.51. The summed E-state index contributed by atoms with van der Waals surface area (Å²) >= 11 is 6.01. The van der Waals surface area contributed by atoms with Crippen LogP contribution in [0.4, 0.5) is 4.39 Å². The minimum absolute atomic E-state index is 0.138. The second-order valence-electron chi connectivity index (χ2n) is 4.88. The number of rotatable bonds is 6. The van der Waals surface area contributed by atoms with Crippen molar-refractivity contribution >= 4 is 11.6 Å². The molecule has 0 aliphatic carbocycles. The van der Waals surface area contributed by atoms with Gasteiger partial charge in [0.15, 0.2) is 0 Å². The molecule has 0 heterocycles. The van der Waals surface area contributed by atoms with E-state index in [1.807, 2.05) is 30.3 Å². The van der Waals surface area contributed by atoms with Gasteiger partial charge in [-0.25, -0.2) is 4.39 Å². The van der Waals surface area contributed by atoms with Crippen molar-refractivity contribution in [2.24, 2.45) is 0 Å². The lowest BCUT2D eigenvalue weighted by Crippen LogP contribution is -2.33. The van der Waals surface area contributed by atoms with Gasteiger partial charge in [-0.1, -0.05) is 48.9 Å². The topological polar surface area (TPSA) is 12.0 Å². The van der Waals surface area contributed by atoms with Crippen LogP contribution in [0.25, 0.3) is 0 Å². The number of likely N-dealkylation sites (N-methyl/N-ethyl adjacent to an activating group) is 1. The third-order valence-corrected chi connectivity index (χ3v) is 3.52. The van der Waals surface area contributed by atoms with Crippen LogP contribution in [0.15, 0.2) is 48.5 Å². The van der Waals surface area contributed by atoms with Gasteiger partial charge in [-0.2, -0.15) is 0 Å². The van der Waals surface area contributed by atoms with Crippen LogP contribution in [0.2, 0.25) is 5.02 Å². The van der Waals surface area contributed by atoms with E-state index in [1.165, 1.54) is 11.6 Å². The van der Waals surface area contributed by atoms with Crippen molar-refractivity contribution in [3.63, 3.8) is 0 Å². The summed E-state index contributed by atoms with van der Waals surface area (Å²) in [5.41, 5.74) is 1.92. The quantitative estimate of drug-likeness (QED) is 0.839. The summed E-state index contributed by atoms with van der Waals surface area (Å²) in [5, 5.41) is 4.16. The molecule has 2 aromatic carbocycles. The van der Waals surface area contributed by atoms with Gasteiger partial charge in [0, 0.05) is 11.1 Å². The Labute approximate surface area is 124 Å². The van der Waals surface area contributed by atoms with Crippen LogP contribution in [0.1, 0.15) is 18.1 Å². The molecule has 2 aromatic rings. The Morgan fingerprint density at radius 1 is 1.10 bits per heavy atom. The molecule has 0 saturated carbocycles. The molecular formula is C17H19ClFN. The van der Waals surface area contributed by atoms with Crippen LogP contribution in [-0.2, 0) is 12.8 Å². The number of hydrogen-bond donors (Lipinski definition) is 1. The van der Waals surface area contributed by atoms with Gasteiger partial charge in [0.2, 0.25) is 0 Å². The molecule has 2 rings (SSSR count). The first kappa shape index (κ1) is 15.0. The van der Waals surface area contributed by atoms with Gasteiger partial charge in [-0.15, -0.1) is 0 Å². The Hall–Kier alpha value is -1.38. The van der Waals surface area contributed by atoms with Gasteiger partial charge in [-0.3, -0.25) is 0 Å². The summed E-state index contributed by atoms with van der Waals surface area (Å²) < 4.78 is 13.7. The molecule has 0 aromatic heterocycles. The average Bonchev–Trinajstić information content (AvgIpc) is 2.42. The highest BCUT2D eigenvalue weighted by molar-refractivity contribution is 6.30. The fourth-order valence-electron chi connectivity index (χ4n) is 2.38. The van der Waals surface area contributed by atoms with Gasteiger partial charge < -0.3 is 5.32 Å². The van der Waals surface area contributed by atoms with Crippen molar-refractivity contribution in [3.8, 4) is 0 Å². The lowest BCUT2D eigenvalue weighted by Gasteiger charge is -2.18. The molecule has 0 bridgehead atoms. The molecule has 1 unspecified atom stereocenters. The second kappa shape index (κ2) is 7.41. The Kier molecular flexibility index (Phi) is 5.57. The van der Waals surface area contributed by atoms with Crippen molar-refractivity contribution in [2.45, 2.75) is 25.8 Å². The molecule has 0 aliphatic rings. The standard InChI is InChI=1S/C17H19ClFN/c1-2-20-16(11-13-6-5-8-15(18)10-13)12-14-7-3-4-9-17(14)19/h3-10,16,20H,2,11-12H2,1H3. The first-order valence-electron chi connectivity index (χ1n) is 6.90. The molecule has 1 atom stereocenters. The van der Waals surface area contributed by atoms with Crippen LogP contribution in [-0.4, -0.2) is 12.6 Å². The monoisotopic (exact) mass is 291 g/mol. The number of nitrogens with one attached hydrogen (secondary N) is 1.